The van der Waals surface area contributed by atoms with E-state index in [0.29, 0.717) is 5.56 Å². The van der Waals surface area contributed by atoms with Crippen LogP contribution >= 0.6 is 0 Å². The number of benzene rings is 1. The number of hydrogen-bond donors (Lipinski definition) is 0. The number of carbonyl (C=O) groups excluding carboxylic acids is 1. The molecule has 24 heavy (non-hydrogen) atoms. The number of fused-ring (bicyclic) bond motifs is 1. The van der Waals surface area contributed by atoms with E-state index in [1.54, 1.807) is 37.4 Å². The maximum absolute atomic E-state index is 12.2. The summed E-state index contributed by atoms with van der Waals surface area (Å²) >= 11 is 0. The zero-order chi connectivity index (χ0) is 16.7. The van der Waals surface area contributed by atoms with Gasteiger partial charge in [-0.15, -0.1) is 0 Å². The van der Waals surface area contributed by atoms with E-state index in [1.807, 2.05) is 0 Å². The molecule has 9 heteroatoms. The van der Waals surface area contributed by atoms with Gasteiger partial charge in [0.05, 0.1) is 5.56 Å². The number of esters is 1. The molecule has 0 spiro atoms. The average Bonchev–Trinajstić information content (AvgIpc) is 2.88. The maximum atomic E-state index is 12.2. The van der Waals surface area contributed by atoms with Crippen molar-refractivity contribution >= 4 is 46.7 Å². The number of aryl methyl sites for hydroxylation is 2. The van der Waals surface area contributed by atoms with Crippen LogP contribution in [0.1, 0.15) is 10.4 Å². The molecule has 120 valence electrons. The van der Waals surface area contributed by atoms with Crippen LogP contribution in [0.5, 0.6) is 6.01 Å². The zero-order valence-corrected chi connectivity index (χ0v) is 12.8. The van der Waals surface area contributed by atoms with Crippen LogP contribution in [0.25, 0.3) is 11.2 Å². The average molecular weight is 338 g/mol. The Hall–Kier alpha value is -2.16. The van der Waals surface area contributed by atoms with Gasteiger partial charge < -0.3 is 4.74 Å². The van der Waals surface area contributed by atoms with Crippen LogP contribution in [0.4, 0.5) is 0 Å². The Labute approximate surface area is 158 Å². The molecule has 0 aliphatic heterocycles. The summed E-state index contributed by atoms with van der Waals surface area (Å²) in [6.45, 7) is 0. The van der Waals surface area contributed by atoms with Gasteiger partial charge in [-0.05, 0) is 12.1 Å². The van der Waals surface area contributed by atoms with E-state index in [9.17, 15) is 14.4 Å². The molecule has 1 aromatic carbocycles. The summed E-state index contributed by atoms with van der Waals surface area (Å²) in [6, 6.07) is 8.38. The number of ether oxygens (including phenoxy) is 1. The Kier molecular flexibility index (Phi) is 5.12. The molecule has 0 saturated heterocycles. The summed E-state index contributed by atoms with van der Waals surface area (Å²) in [5.74, 6) is -0.592. The van der Waals surface area contributed by atoms with Crippen LogP contribution in [-0.4, -0.2) is 54.2 Å². The molecule has 0 aliphatic rings. The Morgan fingerprint density at radius 2 is 1.62 bits per heavy atom. The van der Waals surface area contributed by atoms with Crippen molar-refractivity contribution in [2.45, 2.75) is 0 Å². The molecule has 0 saturated carbocycles. The fourth-order valence-electron chi connectivity index (χ4n) is 2.31. The molecule has 0 N–H and O–H groups in total. The van der Waals surface area contributed by atoms with Crippen molar-refractivity contribution in [3.05, 3.63) is 56.7 Å². The Morgan fingerprint density at radius 1 is 1.00 bits per heavy atom. The SMILES string of the molecule is Cn1c(=O)c2c(nc(OC(=O)c3ccccc3)n2C)n(C)c1=O.[NaH]. The summed E-state index contributed by atoms with van der Waals surface area (Å²) in [5, 5.41) is 0. The second-order valence-electron chi connectivity index (χ2n) is 5.09. The molecule has 2 heterocycles. The normalized spacial score (nSPS) is 10.5. The Bertz CT molecular complexity index is 1030. The number of hydrogen-bond acceptors (Lipinski definition) is 5. The number of aromatic nitrogens is 4. The fourth-order valence-corrected chi connectivity index (χ4v) is 2.31. The molecule has 0 atom stereocenters. The van der Waals surface area contributed by atoms with E-state index < -0.39 is 17.2 Å². The molecule has 0 bridgehead atoms. The van der Waals surface area contributed by atoms with Gasteiger partial charge >= 0.3 is 47.2 Å². The molecule has 0 radical (unpaired) electrons. The van der Waals surface area contributed by atoms with E-state index in [0.717, 1.165) is 4.57 Å². The summed E-state index contributed by atoms with van der Waals surface area (Å²) in [4.78, 5) is 40.4. The molecule has 3 aromatic rings. The van der Waals surface area contributed by atoms with Gasteiger partial charge in [0.15, 0.2) is 11.2 Å². The number of nitrogens with zero attached hydrogens (tertiary/aromatic N) is 4. The Morgan fingerprint density at radius 3 is 2.25 bits per heavy atom. The Balaban J connectivity index is 0.00000208. The van der Waals surface area contributed by atoms with Crippen LogP contribution in [0.2, 0.25) is 0 Å². The third-order valence-corrected chi connectivity index (χ3v) is 3.63. The molecule has 2 aromatic heterocycles. The summed E-state index contributed by atoms with van der Waals surface area (Å²) < 4.78 is 8.83. The predicted molar refractivity (Wildman–Crippen MR) is 89.7 cm³/mol. The van der Waals surface area contributed by atoms with Gasteiger partial charge in [-0.25, -0.2) is 9.59 Å². The minimum absolute atomic E-state index is 0. The molecule has 8 nitrogen and oxygen atoms in total. The van der Waals surface area contributed by atoms with E-state index in [2.05, 4.69) is 4.98 Å². The van der Waals surface area contributed by atoms with Gasteiger partial charge in [0, 0.05) is 21.1 Å². The number of rotatable bonds is 2. The molecule has 0 amide bonds. The van der Waals surface area contributed by atoms with E-state index in [-0.39, 0.29) is 46.7 Å². The molecular formula is C15H15N4NaO4. The minimum atomic E-state index is -0.592. The van der Waals surface area contributed by atoms with E-state index in [4.69, 9.17) is 4.74 Å². The van der Waals surface area contributed by atoms with Gasteiger partial charge in [0.25, 0.3) is 5.56 Å². The second-order valence-corrected chi connectivity index (χ2v) is 5.09. The van der Waals surface area contributed by atoms with Gasteiger partial charge in [0.1, 0.15) is 0 Å². The summed E-state index contributed by atoms with van der Waals surface area (Å²) in [7, 11) is 4.43. The first kappa shape index (κ1) is 18.2. The van der Waals surface area contributed by atoms with Crippen molar-refractivity contribution in [1.29, 1.82) is 0 Å². The third kappa shape index (κ3) is 2.83. The molecule has 3 rings (SSSR count). The quantitative estimate of drug-likeness (QED) is 0.466. The monoisotopic (exact) mass is 338 g/mol. The van der Waals surface area contributed by atoms with Crippen LogP contribution in [0.15, 0.2) is 39.9 Å². The van der Waals surface area contributed by atoms with Crippen LogP contribution < -0.4 is 16.0 Å². The van der Waals surface area contributed by atoms with Crippen LogP contribution in [0.3, 0.4) is 0 Å². The van der Waals surface area contributed by atoms with Crippen molar-refractivity contribution in [3.63, 3.8) is 0 Å². The summed E-state index contributed by atoms with van der Waals surface area (Å²) in [6.07, 6.45) is 0. The van der Waals surface area contributed by atoms with Gasteiger partial charge in [-0.1, -0.05) is 18.2 Å². The standard InChI is InChI=1S/C15H14N4O4.Na.H/c1-17-10-11(18(2)15(22)19(3)12(10)20)16-14(17)23-13(21)9-7-5-4-6-8-9;;/h4-8H,1-3H3;;. The van der Waals surface area contributed by atoms with Crippen LogP contribution in [0, 0.1) is 0 Å². The van der Waals surface area contributed by atoms with Crippen molar-refractivity contribution in [3.8, 4) is 6.01 Å². The fraction of sp³-hybridized carbons (Fsp3) is 0.200. The van der Waals surface area contributed by atoms with Gasteiger partial charge in [0.2, 0.25) is 0 Å². The van der Waals surface area contributed by atoms with E-state index >= 15 is 0 Å². The van der Waals surface area contributed by atoms with E-state index in [1.165, 1.54) is 23.2 Å². The van der Waals surface area contributed by atoms with Gasteiger partial charge in [-0.3, -0.25) is 18.5 Å². The second kappa shape index (κ2) is 6.76. The van der Waals surface area contributed by atoms with Crippen molar-refractivity contribution in [1.82, 2.24) is 18.7 Å². The third-order valence-electron chi connectivity index (χ3n) is 3.63. The zero-order valence-electron chi connectivity index (χ0n) is 12.8. The first-order chi connectivity index (χ1) is 10.9. The van der Waals surface area contributed by atoms with Crippen molar-refractivity contribution in [2.24, 2.45) is 21.1 Å². The first-order valence-corrected chi connectivity index (χ1v) is 6.81. The van der Waals surface area contributed by atoms with Crippen molar-refractivity contribution in [2.75, 3.05) is 0 Å². The van der Waals surface area contributed by atoms with Gasteiger partial charge in [-0.2, -0.15) is 4.98 Å². The molecule has 0 unspecified atom stereocenters. The summed E-state index contributed by atoms with van der Waals surface area (Å²) in [5.41, 5.74) is -0.287. The first-order valence-electron chi connectivity index (χ1n) is 6.81. The number of carbonyl (C=O) groups is 1. The molecule has 0 aliphatic carbocycles. The van der Waals surface area contributed by atoms with Crippen molar-refractivity contribution < 1.29 is 9.53 Å². The predicted octanol–water partition coefficient (Wildman–Crippen LogP) is -0.459. The molecule has 0 fully saturated rings. The number of imidazole rings is 1. The molecular weight excluding hydrogens is 323 g/mol. The topological polar surface area (TPSA) is 88.1 Å². The van der Waals surface area contributed by atoms with Crippen LogP contribution in [-0.2, 0) is 21.1 Å².